The Morgan fingerprint density at radius 1 is 0.974 bits per heavy atom. The number of nitrogens with one attached hydrogen (secondary N) is 1. The molecule has 39 heavy (non-hydrogen) atoms. The Bertz CT molecular complexity index is 1330. The molecule has 9 nitrogen and oxygen atoms in total. The van der Waals surface area contributed by atoms with Gasteiger partial charge in [0.1, 0.15) is 0 Å². The molecule has 206 valence electrons. The third-order valence-electron chi connectivity index (χ3n) is 7.84. The normalized spacial score (nSPS) is 16.9. The van der Waals surface area contributed by atoms with Gasteiger partial charge in [0.15, 0.2) is 17.0 Å². The second-order valence-electron chi connectivity index (χ2n) is 10.4. The van der Waals surface area contributed by atoms with E-state index in [1.165, 1.54) is 42.4 Å². The minimum atomic E-state index is 0.0713. The Morgan fingerprint density at radius 3 is 2.54 bits per heavy atom. The number of imidazole rings is 1. The van der Waals surface area contributed by atoms with Gasteiger partial charge in [0.25, 0.3) is 0 Å². The van der Waals surface area contributed by atoms with E-state index in [4.69, 9.17) is 24.8 Å². The lowest BCUT2D eigenvalue weighted by Crippen LogP contribution is -2.48. The standard InChI is InChI=1S/C29H37N7O2S/c37-15-17-38-16-14-34-10-12-35(13-11-34)29-32-27(26-28(33-29)36(21-31-26)25-3-1-2-4-25)30-19-22-5-7-23(8-6-22)24-9-18-39-20-24/h5-9,18,20-21,25,37H,1-4,10-17,19H2,(H,30,32,33). The van der Waals surface area contributed by atoms with Gasteiger partial charge in [0.2, 0.25) is 5.95 Å². The van der Waals surface area contributed by atoms with Crippen LogP contribution in [0, 0.1) is 0 Å². The van der Waals surface area contributed by atoms with Crippen LogP contribution in [0.5, 0.6) is 0 Å². The van der Waals surface area contributed by atoms with Gasteiger partial charge >= 0.3 is 0 Å². The number of hydrogen-bond acceptors (Lipinski definition) is 9. The summed E-state index contributed by atoms with van der Waals surface area (Å²) >= 11 is 1.72. The number of ether oxygens (including phenoxy) is 1. The van der Waals surface area contributed by atoms with E-state index < -0.39 is 0 Å². The van der Waals surface area contributed by atoms with Crippen LogP contribution in [0.1, 0.15) is 37.3 Å². The lowest BCUT2D eigenvalue weighted by atomic mass is 10.1. The molecule has 10 heteroatoms. The summed E-state index contributed by atoms with van der Waals surface area (Å²) in [5, 5.41) is 16.8. The fourth-order valence-corrected chi connectivity index (χ4v) is 6.25. The number of piperazine rings is 1. The molecule has 2 aliphatic rings. The summed E-state index contributed by atoms with van der Waals surface area (Å²) in [7, 11) is 0. The summed E-state index contributed by atoms with van der Waals surface area (Å²) < 4.78 is 7.74. The molecule has 2 N–H and O–H groups in total. The second kappa shape index (κ2) is 12.4. The Labute approximate surface area is 233 Å². The molecule has 4 aromatic rings. The Morgan fingerprint density at radius 2 is 1.79 bits per heavy atom. The molecular weight excluding hydrogens is 510 g/mol. The van der Waals surface area contributed by atoms with Gasteiger partial charge in [-0.2, -0.15) is 21.3 Å². The summed E-state index contributed by atoms with van der Waals surface area (Å²) in [4.78, 5) is 19.6. The molecule has 1 aromatic carbocycles. The Balaban J connectivity index is 1.20. The predicted octanol–water partition coefficient (Wildman–Crippen LogP) is 4.41. The van der Waals surface area contributed by atoms with Crippen LogP contribution in [0.2, 0.25) is 0 Å². The van der Waals surface area contributed by atoms with Gasteiger partial charge in [0, 0.05) is 45.3 Å². The molecule has 1 aliphatic carbocycles. The van der Waals surface area contributed by atoms with Crippen LogP contribution < -0.4 is 10.2 Å². The van der Waals surface area contributed by atoms with E-state index in [9.17, 15) is 0 Å². The van der Waals surface area contributed by atoms with Crippen molar-refractivity contribution in [3.63, 3.8) is 0 Å². The van der Waals surface area contributed by atoms with Crippen molar-refractivity contribution in [2.75, 3.05) is 62.8 Å². The van der Waals surface area contributed by atoms with Crippen LogP contribution >= 0.6 is 11.3 Å². The number of nitrogens with zero attached hydrogens (tertiary/aromatic N) is 6. The number of aliphatic hydroxyl groups is 1. The van der Waals surface area contributed by atoms with Crippen LogP contribution in [-0.4, -0.2) is 82.1 Å². The monoisotopic (exact) mass is 547 g/mol. The van der Waals surface area contributed by atoms with Gasteiger partial charge in [-0.25, -0.2) is 4.98 Å². The number of benzene rings is 1. The van der Waals surface area contributed by atoms with Gasteiger partial charge in [-0.05, 0) is 46.4 Å². The molecule has 4 heterocycles. The van der Waals surface area contributed by atoms with Crippen molar-refractivity contribution in [1.82, 2.24) is 24.4 Å². The summed E-state index contributed by atoms with van der Waals surface area (Å²) in [5.74, 6) is 1.57. The third-order valence-corrected chi connectivity index (χ3v) is 8.52. The number of aliphatic hydroxyl groups excluding tert-OH is 1. The van der Waals surface area contributed by atoms with E-state index in [2.05, 4.69) is 60.8 Å². The molecule has 0 atom stereocenters. The average molecular weight is 548 g/mol. The summed E-state index contributed by atoms with van der Waals surface area (Å²) in [6.45, 7) is 6.27. The molecule has 1 aliphatic heterocycles. The summed E-state index contributed by atoms with van der Waals surface area (Å²) in [6, 6.07) is 11.3. The first-order valence-electron chi connectivity index (χ1n) is 14.0. The molecule has 0 spiro atoms. The van der Waals surface area contributed by atoms with Crippen LogP contribution in [-0.2, 0) is 11.3 Å². The number of hydrogen-bond donors (Lipinski definition) is 2. The quantitative estimate of drug-likeness (QED) is 0.267. The highest BCUT2D eigenvalue weighted by atomic mass is 32.1. The maximum atomic E-state index is 8.91. The summed E-state index contributed by atoms with van der Waals surface area (Å²) in [5.41, 5.74) is 5.48. The first-order chi connectivity index (χ1) is 19.3. The van der Waals surface area contributed by atoms with Crippen molar-refractivity contribution in [3.05, 3.63) is 53.0 Å². The zero-order valence-electron chi connectivity index (χ0n) is 22.3. The highest BCUT2D eigenvalue weighted by Gasteiger charge is 2.25. The van der Waals surface area contributed by atoms with Crippen molar-refractivity contribution in [2.45, 2.75) is 38.3 Å². The second-order valence-corrected chi connectivity index (χ2v) is 11.1. The maximum absolute atomic E-state index is 8.91. The van der Waals surface area contributed by atoms with Crippen molar-refractivity contribution < 1.29 is 9.84 Å². The zero-order valence-corrected chi connectivity index (χ0v) is 23.2. The molecular formula is C29H37N7O2S. The zero-order chi connectivity index (χ0) is 26.4. The number of rotatable bonds is 11. The van der Waals surface area contributed by atoms with E-state index in [0.717, 1.165) is 55.7 Å². The van der Waals surface area contributed by atoms with Gasteiger partial charge in [-0.15, -0.1) is 0 Å². The van der Waals surface area contributed by atoms with Crippen LogP contribution in [0.4, 0.5) is 11.8 Å². The molecule has 0 amide bonds. The molecule has 6 rings (SSSR count). The van der Waals surface area contributed by atoms with Crippen molar-refractivity contribution >= 4 is 34.3 Å². The average Bonchev–Trinajstić information content (AvgIpc) is 3.77. The lowest BCUT2D eigenvalue weighted by Gasteiger charge is -2.34. The predicted molar refractivity (Wildman–Crippen MR) is 156 cm³/mol. The van der Waals surface area contributed by atoms with Crippen LogP contribution in [0.25, 0.3) is 22.3 Å². The lowest BCUT2D eigenvalue weighted by molar-refractivity contribution is 0.0724. The first kappa shape index (κ1) is 26.2. The molecule has 1 saturated heterocycles. The molecule has 0 radical (unpaired) electrons. The van der Waals surface area contributed by atoms with Crippen LogP contribution in [0.15, 0.2) is 47.4 Å². The van der Waals surface area contributed by atoms with Crippen molar-refractivity contribution in [2.24, 2.45) is 0 Å². The van der Waals surface area contributed by atoms with Crippen LogP contribution in [0.3, 0.4) is 0 Å². The number of anilines is 2. The number of thiophene rings is 1. The molecule has 0 bridgehead atoms. The van der Waals surface area contributed by atoms with Crippen molar-refractivity contribution in [1.29, 1.82) is 0 Å². The van der Waals surface area contributed by atoms with E-state index >= 15 is 0 Å². The topological polar surface area (TPSA) is 91.6 Å². The highest BCUT2D eigenvalue weighted by Crippen LogP contribution is 2.33. The van der Waals surface area contributed by atoms with E-state index in [0.29, 0.717) is 25.8 Å². The minimum absolute atomic E-state index is 0.0713. The van der Waals surface area contributed by atoms with Gasteiger partial charge in [-0.3, -0.25) is 4.90 Å². The smallest absolute Gasteiger partial charge is 0.229 e. The fourth-order valence-electron chi connectivity index (χ4n) is 5.58. The maximum Gasteiger partial charge on any atom is 0.229 e. The third kappa shape index (κ3) is 6.09. The van der Waals surface area contributed by atoms with E-state index in [-0.39, 0.29) is 6.61 Å². The van der Waals surface area contributed by atoms with E-state index in [1.54, 1.807) is 11.3 Å². The van der Waals surface area contributed by atoms with Gasteiger partial charge in [-0.1, -0.05) is 37.1 Å². The van der Waals surface area contributed by atoms with Gasteiger partial charge < -0.3 is 24.6 Å². The molecule has 2 fully saturated rings. The molecule has 1 saturated carbocycles. The summed E-state index contributed by atoms with van der Waals surface area (Å²) in [6.07, 6.45) is 6.85. The number of aromatic nitrogens is 4. The molecule has 3 aromatic heterocycles. The first-order valence-corrected chi connectivity index (χ1v) is 15.0. The Hall–Kier alpha value is -3.05. The Kier molecular flexibility index (Phi) is 8.34. The SMILES string of the molecule is OCCOCCN1CCN(c2nc(NCc3ccc(-c4ccsc4)cc3)c3ncn(C4CCCC4)c3n2)CC1. The van der Waals surface area contributed by atoms with Gasteiger partial charge in [0.05, 0.1) is 26.1 Å². The molecule has 0 unspecified atom stereocenters. The number of fused-ring (bicyclic) bond motifs is 1. The minimum Gasteiger partial charge on any atom is -0.394 e. The fraction of sp³-hybridized carbons (Fsp3) is 0.483. The highest BCUT2D eigenvalue weighted by molar-refractivity contribution is 7.08. The largest absolute Gasteiger partial charge is 0.394 e. The van der Waals surface area contributed by atoms with Crippen molar-refractivity contribution in [3.8, 4) is 11.1 Å². The van der Waals surface area contributed by atoms with E-state index in [1.807, 2.05) is 6.33 Å².